The summed E-state index contributed by atoms with van der Waals surface area (Å²) in [5.41, 5.74) is 4.57. The molecule has 3 aromatic carbocycles. The molecule has 0 amide bonds. The van der Waals surface area contributed by atoms with Crippen LogP contribution in [0.2, 0.25) is 20.1 Å². The Labute approximate surface area is 272 Å². The van der Waals surface area contributed by atoms with Gasteiger partial charge in [0.2, 0.25) is 0 Å². The first-order chi connectivity index (χ1) is 22.0. The van der Waals surface area contributed by atoms with Crippen molar-refractivity contribution in [1.29, 1.82) is 0 Å². The number of fused-ring (bicyclic) bond motifs is 14. The number of hydrogen-bond donors (Lipinski definition) is 0. The van der Waals surface area contributed by atoms with Crippen LogP contribution in [0.5, 0.6) is 0 Å². The minimum atomic E-state index is 0.107. The van der Waals surface area contributed by atoms with Crippen molar-refractivity contribution in [2.45, 2.75) is 6.67 Å². The first-order valence-electron chi connectivity index (χ1n) is 13.8. The zero-order chi connectivity index (χ0) is 30.1. The van der Waals surface area contributed by atoms with Crippen molar-refractivity contribution >= 4 is 103 Å². The van der Waals surface area contributed by atoms with E-state index in [0.29, 0.717) is 46.6 Å². The van der Waals surface area contributed by atoms with Crippen molar-refractivity contribution in [3.8, 4) is 0 Å². The summed E-state index contributed by atoms with van der Waals surface area (Å²) in [6.07, 6.45) is 1.76. The Hall–Kier alpha value is -4.67. The van der Waals surface area contributed by atoms with Crippen molar-refractivity contribution in [2.75, 3.05) is 0 Å². The quantitative estimate of drug-likeness (QED) is 0.126. The highest BCUT2D eigenvalue weighted by atomic mass is 35.5. The summed E-state index contributed by atoms with van der Waals surface area (Å²) in [6, 6.07) is 19.7. The third-order valence-electron chi connectivity index (χ3n) is 8.37. The number of aromatic nitrogens is 3. The molecule has 6 bridgehead atoms. The van der Waals surface area contributed by atoms with E-state index in [4.69, 9.17) is 81.3 Å². The predicted molar refractivity (Wildman–Crippen MR) is 178 cm³/mol. The molecule has 10 rings (SSSR count). The molecule has 0 fully saturated rings. The van der Waals surface area contributed by atoms with E-state index >= 15 is 0 Å². The highest BCUT2D eigenvalue weighted by molar-refractivity contribution is 6.55. The Kier molecular flexibility index (Phi) is 5.10. The summed E-state index contributed by atoms with van der Waals surface area (Å²) < 4.78 is 4.07. The first kappa shape index (κ1) is 25.6. The van der Waals surface area contributed by atoms with Gasteiger partial charge in [0.15, 0.2) is 29.2 Å². The number of hydrogen-bond acceptors (Lipinski definition) is 7. The molecule has 0 unspecified atom stereocenters. The molecule has 0 aliphatic carbocycles. The maximum atomic E-state index is 6.86. The molecular weight excluding hydrogens is 652 g/mol. The normalized spacial score (nSPS) is 15.5. The number of rotatable bonds is 0. The van der Waals surface area contributed by atoms with Crippen LogP contribution in [-0.2, 0) is 6.67 Å². The molecule has 214 valence electrons. The van der Waals surface area contributed by atoms with Crippen LogP contribution in [0.3, 0.4) is 0 Å². The lowest BCUT2D eigenvalue weighted by Gasteiger charge is -2.15. The summed E-state index contributed by atoms with van der Waals surface area (Å²) in [6.45, 7) is 0.360. The zero-order valence-corrected chi connectivity index (χ0v) is 25.6. The molecule has 4 aliphatic rings. The summed E-state index contributed by atoms with van der Waals surface area (Å²) in [5, 5.41) is 3.28. The molecule has 0 N–H and O–H groups in total. The van der Waals surface area contributed by atoms with E-state index in [-0.39, 0.29) is 25.9 Å². The molecule has 0 radical (unpaired) electrons. The van der Waals surface area contributed by atoms with Crippen molar-refractivity contribution in [3.63, 3.8) is 0 Å². The number of aliphatic imine (C=N–C) groups is 4. The van der Waals surface area contributed by atoms with Gasteiger partial charge in [-0.05, 0) is 12.1 Å². The predicted octanol–water partition coefficient (Wildman–Crippen LogP) is 7.05. The largest absolute Gasteiger partial charge is 0.291 e. The minimum Gasteiger partial charge on any atom is -0.291 e. The number of amidine groups is 4. The Morgan fingerprint density at radius 2 is 1.04 bits per heavy atom. The van der Waals surface area contributed by atoms with Gasteiger partial charge >= 0.3 is 0 Å². The molecule has 0 saturated heterocycles. The van der Waals surface area contributed by atoms with E-state index in [1.807, 2.05) is 69.8 Å². The summed E-state index contributed by atoms with van der Waals surface area (Å²) in [5.74, 6) is 2.84. The molecule has 45 heavy (non-hydrogen) atoms. The lowest BCUT2D eigenvalue weighted by Crippen LogP contribution is -2.33. The van der Waals surface area contributed by atoms with Crippen LogP contribution >= 0.6 is 46.4 Å². The number of halogens is 4. The number of benzene rings is 3. The lowest BCUT2D eigenvalue weighted by atomic mass is 10.1. The van der Waals surface area contributed by atoms with Crippen molar-refractivity contribution in [3.05, 3.63) is 120 Å². The third kappa shape index (κ3) is 3.33. The molecule has 13 heteroatoms. The topological polar surface area (TPSA) is 96.9 Å². The Morgan fingerprint density at radius 1 is 0.489 bits per heavy atom. The fourth-order valence-corrected chi connectivity index (χ4v) is 7.40. The molecule has 4 aliphatic heterocycles. The standard InChI is InChI=1S/C32H13Cl4N9/c33-20-18-19(21(34)23(36)22(20)35)28-40-27(18)39-25-13-6-1-2-7-14(13)26(38-25)41-32-24-17(10-5-11-37-24)31-43-30-16-9-4-3-8-15(16)29(42-28)44(30)12-45(31)32/h1-11H,12H2. The van der Waals surface area contributed by atoms with Crippen LogP contribution < -0.4 is 11.0 Å². The Balaban J connectivity index is 1.42. The van der Waals surface area contributed by atoms with Gasteiger partial charge in [-0.3, -0.25) is 14.1 Å². The van der Waals surface area contributed by atoms with Crippen LogP contribution in [0, 0.1) is 0 Å². The van der Waals surface area contributed by atoms with Crippen molar-refractivity contribution in [1.82, 2.24) is 14.1 Å². The zero-order valence-electron chi connectivity index (χ0n) is 22.6. The van der Waals surface area contributed by atoms with E-state index in [1.54, 1.807) is 6.20 Å². The highest BCUT2D eigenvalue weighted by Gasteiger charge is 2.34. The Morgan fingerprint density at radius 3 is 1.76 bits per heavy atom. The SMILES string of the molecule is Clc1c(Cl)c(Cl)c2c(c1Cl)C1=NC3=NC(=Nc4c5ncccc5c5n4Cn4c(c6ccccc6c4=N5)=NC2=N1)c1ccccc13. The summed E-state index contributed by atoms with van der Waals surface area (Å²) in [7, 11) is 0. The first-order valence-corrected chi connectivity index (χ1v) is 15.3. The highest BCUT2D eigenvalue weighted by Crippen LogP contribution is 2.45. The molecule has 0 atom stereocenters. The second-order valence-corrected chi connectivity index (χ2v) is 12.3. The van der Waals surface area contributed by atoms with Gasteiger partial charge in [-0.15, -0.1) is 0 Å². The molecule has 7 heterocycles. The average molecular weight is 665 g/mol. The van der Waals surface area contributed by atoms with Crippen LogP contribution in [0.1, 0.15) is 22.3 Å². The number of nitrogens with zero attached hydrogens (tertiary/aromatic N) is 9. The third-order valence-corrected chi connectivity index (χ3v) is 10.2. The van der Waals surface area contributed by atoms with Gasteiger partial charge in [0.05, 0.1) is 31.2 Å². The monoisotopic (exact) mass is 663 g/mol. The van der Waals surface area contributed by atoms with E-state index in [0.717, 1.165) is 44.1 Å². The van der Waals surface area contributed by atoms with Crippen LogP contribution in [-0.4, -0.2) is 37.5 Å². The number of pyridine rings is 1. The fraction of sp³-hybridized carbons (Fsp3) is 0.0312. The molecule has 0 saturated carbocycles. The molecule has 9 nitrogen and oxygen atoms in total. The van der Waals surface area contributed by atoms with Gasteiger partial charge in [0, 0.05) is 33.5 Å². The molecule has 3 aromatic heterocycles. The lowest BCUT2D eigenvalue weighted by molar-refractivity contribution is 0.561. The van der Waals surface area contributed by atoms with Gasteiger partial charge < -0.3 is 0 Å². The summed E-state index contributed by atoms with van der Waals surface area (Å²) >= 11 is 26.8. The van der Waals surface area contributed by atoms with Gasteiger partial charge in [-0.25, -0.2) is 30.0 Å². The summed E-state index contributed by atoms with van der Waals surface area (Å²) in [4.78, 5) is 34.9. The van der Waals surface area contributed by atoms with Crippen molar-refractivity contribution < 1.29 is 0 Å². The molecular formula is C32H13Cl4N9. The van der Waals surface area contributed by atoms with Gasteiger partial charge in [0.25, 0.3) is 0 Å². The second kappa shape index (κ2) is 8.95. The maximum Gasteiger partial charge on any atom is 0.166 e. The Bertz CT molecular complexity index is 2680. The van der Waals surface area contributed by atoms with Crippen molar-refractivity contribution in [2.24, 2.45) is 30.0 Å². The van der Waals surface area contributed by atoms with Crippen LogP contribution in [0.4, 0.5) is 11.6 Å². The van der Waals surface area contributed by atoms with Gasteiger partial charge in [-0.2, -0.15) is 0 Å². The smallest absolute Gasteiger partial charge is 0.166 e. The van der Waals surface area contributed by atoms with Crippen LogP contribution in [0.25, 0.3) is 21.7 Å². The maximum absolute atomic E-state index is 6.86. The van der Waals surface area contributed by atoms with E-state index in [9.17, 15) is 0 Å². The van der Waals surface area contributed by atoms with E-state index in [2.05, 4.69) is 0 Å². The second-order valence-electron chi connectivity index (χ2n) is 10.8. The molecule has 6 aromatic rings. The van der Waals surface area contributed by atoms with E-state index < -0.39 is 0 Å². The average Bonchev–Trinajstić information content (AvgIpc) is 3.78. The minimum absolute atomic E-state index is 0.107. The molecule has 0 spiro atoms. The van der Waals surface area contributed by atoms with Gasteiger partial charge in [0.1, 0.15) is 29.0 Å². The van der Waals surface area contributed by atoms with Gasteiger partial charge in [-0.1, -0.05) is 94.9 Å². The van der Waals surface area contributed by atoms with Crippen LogP contribution in [0.15, 0.2) is 96.8 Å². The fourth-order valence-electron chi connectivity index (χ4n) is 6.38. The van der Waals surface area contributed by atoms with E-state index in [1.165, 1.54) is 0 Å².